The van der Waals surface area contributed by atoms with Gasteiger partial charge in [0.25, 0.3) is 0 Å². The molecule has 0 saturated heterocycles. The van der Waals surface area contributed by atoms with Crippen LogP contribution in [0.25, 0.3) is 6.08 Å². The van der Waals surface area contributed by atoms with Crippen LogP contribution in [0.3, 0.4) is 0 Å². The number of alkyl halides is 3. The first kappa shape index (κ1) is 16.2. The first-order chi connectivity index (χ1) is 9.09. The largest absolute Gasteiger partial charge is 0.404 e. The van der Waals surface area contributed by atoms with Gasteiger partial charge in [-0.25, -0.2) is 22.9 Å². The number of hydrogen-bond acceptors (Lipinski definition) is 5. The number of nitrogens with two attached hydrogens (primary N) is 1. The fraction of sp³-hybridized carbons (Fsp3) is 0.333. The zero-order valence-electron chi connectivity index (χ0n) is 9.94. The first-order valence-electron chi connectivity index (χ1n) is 5.14. The van der Waals surface area contributed by atoms with E-state index >= 15 is 0 Å². The van der Waals surface area contributed by atoms with Crippen molar-refractivity contribution in [2.75, 3.05) is 18.0 Å². The summed E-state index contributed by atoms with van der Waals surface area (Å²) in [7, 11) is -4.44. The minimum atomic E-state index is -4.80. The standard InChI is InChI=1S/C9H11F3N4O3S/c10-9(11,12)5-20(18,19)15-3-1-2-6-4-14-8(17)16-7(6)13/h1-2,4,15H,3,5H2,(H3,13,14,16,17)/b2-1+. The molecular weight excluding hydrogens is 301 g/mol. The fourth-order valence-electron chi connectivity index (χ4n) is 1.18. The molecular formula is C9H11F3N4O3S. The summed E-state index contributed by atoms with van der Waals surface area (Å²) in [6.45, 7) is -0.350. The van der Waals surface area contributed by atoms with Crippen molar-refractivity contribution in [2.45, 2.75) is 6.18 Å². The molecule has 0 aromatic carbocycles. The van der Waals surface area contributed by atoms with Crippen molar-refractivity contribution in [3.05, 3.63) is 28.3 Å². The van der Waals surface area contributed by atoms with Crippen molar-refractivity contribution in [3.63, 3.8) is 0 Å². The summed E-state index contributed by atoms with van der Waals surface area (Å²) in [6.07, 6.45) is -1.11. The summed E-state index contributed by atoms with van der Waals surface area (Å²) in [5.41, 5.74) is 5.10. The van der Waals surface area contributed by atoms with Crippen molar-refractivity contribution in [1.82, 2.24) is 14.7 Å². The van der Waals surface area contributed by atoms with Crippen LogP contribution >= 0.6 is 0 Å². The summed E-state index contributed by atoms with van der Waals surface area (Å²) >= 11 is 0. The number of halogens is 3. The minimum Gasteiger partial charge on any atom is -0.385 e. The van der Waals surface area contributed by atoms with E-state index in [1.807, 2.05) is 0 Å². The molecule has 1 aromatic heterocycles. The number of nitrogen functional groups attached to an aromatic ring is 1. The molecule has 0 fully saturated rings. The van der Waals surface area contributed by atoms with Crippen LogP contribution in [-0.4, -0.2) is 36.9 Å². The number of aromatic amines is 1. The Morgan fingerprint density at radius 3 is 2.65 bits per heavy atom. The van der Waals surface area contributed by atoms with Crippen LogP contribution in [0.4, 0.5) is 19.0 Å². The number of H-pyrrole nitrogens is 1. The second-order valence-corrected chi connectivity index (χ2v) is 5.49. The first-order valence-corrected chi connectivity index (χ1v) is 6.80. The van der Waals surface area contributed by atoms with E-state index in [0.717, 1.165) is 6.20 Å². The number of sulfonamides is 1. The molecule has 112 valence electrons. The monoisotopic (exact) mass is 312 g/mol. The quantitative estimate of drug-likeness (QED) is 0.698. The number of nitrogens with zero attached hydrogens (tertiary/aromatic N) is 1. The second kappa shape index (κ2) is 6.05. The van der Waals surface area contributed by atoms with Crippen LogP contribution in [0.5, 0.6) is 0 Å². The van der Waals surface area contributed by atoms with E-state index in [1.165, 1.54) is 12.2 Å². The molecule has 0 aliphatic carbocycles. The average molecular weight is 312 g/mol. The van der Waals surface area contributed by atoms with Gasteiger partial charge in [-0.3, -0.25) is 4.98 Å². The Kier molecular flexibility index (Phi) is 4.89. The maximum absolute atomic E-state index is 11.9. The summed E-state index contributed by atoms with van der Waals surface area (Å²) in [5.74, 6) is -1.93. The SMILES string of the molecule is Nc1[nH]c(=O)ncc1/C=C/CNS(=O)(=O)CC(F)(F)F. The van der Waals surface area contributed by atoms with Gasteiger partial charge in [-0.15, -0.1) is 0 Å². The molecule has 0 bridgehead atoms. The highest BCUT2D eigenvalue weighted by Gasteiger charge is 2.34. The fourth-order valence-corrected chi connectivity index (χ4v) is 2.06. The van der Waals surface area contributed by atoms with Gasteiger partial charge in [-0.2, -0.15) is 13.2 Å². The Bertz CT molecular complexity index is 651. The van der Waals surface area contributed by atoms with Crippen LogP contribution in [0.1, 0.15) is 5.56 Å². The molecule has 1 aromatic rings. The second-order valence-electron chi connectivity index (χ2n) is 3.68. The van der Waals surface area contributed by atoms with Gasteiger partial charge in [0, 0.05) is 18.3 Å². The minimum absolute atomic E-state index is 0.0133. The lowest BCUT2D eigenvalue weighted by Gasteiger charge is -2.07. The van der Waals surface area contributed by atoms with Gasteiger partial charge in [0.1, 0.15) is 5.82 Å². The third-order valence-electron chi connectivity index (χ3n) is 1.95. The molecule has 20 heavy (non-hydrogen) atoms. The number of nitrogens with one attached hydrogen (secondary N) is 2. The molecule has 0 saturated carbocycles. The topological polar surface area (TPSA) is 118 Å². The smallest absolute Gasteiger partial charge is 0.385 e. The number of rotatable bonds is 5. The maximum Gasteiger partial charge on any atom is 0.404 e. The Morgan fingerprint density at radius 2 is 2.10 bits per heavy atom. The zero-order chi connectivity index (χ0) is 15.4. The van der Waals surface area contributed by atoms with E-state index in [2.05, 4.69) is 9.97 Å². The Hall–Kier alpha value is -1.88. The summed E-state index contributed by atoms with van der Waals surface area (Å²) in [5, 5.41) is 0. The third kappa shape index (κ3) is 5.84. The molecule has 7 nitrogen and oxygen atoms in total. The molecule has 0 spiro atoms. The van der Waals surface area contributed by atoms with Crippen molar-refractivity contribution in [2.24, 2.45) is 0 Å². The van der Waals surface area contributed by atoms with E-state index in [-0.39, 0.29) is 12.4 Å². The van der Waals surface area contributed by atoms with Crippen LogP contribution < -0.4 is 16.1 Å². The molecule has 4 N–H and O–H groups in total. The molecule has 0 aliphatic heterocycles. The molecule has 0 amide bonds. The number of hydrogen-bond donors (Lipinski definition) is 3. The molecule has 0 radical (unpaired) electrons. The van der Waals surface area contributed by atoms with Gasteiger partial charge in [0.2, 0.25) is 10.0 Å². The summed E-state index contributed by atoms with van der Waals surface area (Å²) < 4.78 is 59.5. The van der Waals surface area contributed by atoms with Crippen molar-refractivity contribution in [3.8, 4) is 0 Å². The summed E-state index contributed by atoms with van der Waals surface area (Å²) in [4.78, 5) is 16.4. The van der Waals surface area contributed by atoms with Crippen LogP contribution in [0.2, 0.25) is 0 Å². The Balaban J connectivity index is 2.60. The highest BCUT2D eigenvalue weighted by molar-refractivity contribution is 7.89. The van der Waals surface area contributed by atoms with Gasteiger partial charge >= 0.3 is 11.9 Å². The van der Waals surface area contributed by atoms with E-state index in [0.29, 0.717) is 5.56 Å². The lowest BCUT2D eigenvalue weighted by Crippen LogP contribution is -2.33. The van der Waals surface area contributed by atoms with Crippen LogP contribution in [0.15, 0.2) is 17.1 Å². The van der Waals surface area contributed by atoms with Gasteiger partial charge in [-0.05, 0) is 0 Å². The van der Waals surface area contributed by atoms with Gasteiger partial charge in [0.05, 0.1) is 0 Å². The number of aromatic nitrogens is 2. The predicted molar refractivity (Wildman–Crippen MR) is 66.1 cm³/mol. The molecule has 1 heterocycles. The van der Waals surface area contributed by atoms with Gasteiger partial charge < -0.3 is 5.73 Å². The average Bonchev–Trinajstić information content (AvgIpc) is 2.23. The van der Waals surface area contributed by atoms with E-state index in [4.69, 9.17) is 5.73 Å². The van der Waals surface area contributed by atoms with Crippen LogP contribution in [-0.2, 0) is 10.0 Å². The van der Waals surface area contributed by atoms with E-state index in [1.54, 1.807) is 4.72 Å². The molecule has 0 atom stereocenters. The number of anilines is 1. The zero-order valence-corrected chi connectivity index (χ0v) is 10.8. The molecule has 0 unspecified atom stereocenters. The van der Waals surface area contributed by atoms with Crippen LogP contribution in [0, 0.1) is 0 Å². The van der Waals surface area contributed by atoms with E-state index in [9.17, 15) is 26.4 Å². The molecule has 11 heteroatoms. The van der Waals surface area contributed by atoms with Crippen molar-refractivity contribution in [1.29, 1.82) is 0 Å². The lowest BCUT2D eigenvalue weighted by atomic mass is 10.3. The maximum atomic E-state index is 11.9. The molecule has 1 rings (SSSR count). The third-order valence-corrected chi connectivity index (χ3v) is 3.26. The van der Waals surface area contributed by atoms with Crippen molar-refractivity contribution >= 4 is 21.9 Å². The molecule has 0 aliphatic rings. The normalized spacial score (nSPS) is 12.9. The Morgan fingerprint density at radius 1 is 1.45 bits per heavy atom. The van der Waals surface area contributed by atoms with Gasteiger partial charge in [0.15, 0.2) is 5.75 Å². The highest BCUT2D eigenvalue weighted by Crippen LogP contribution is 2.16. The summed E-state index contributed by atoms with van der Waals surface area (Å²) in [6, 6.07) is 0. The Labute approximate surface area is 111 Å². The van der Waals surface area contributed by atoms with Crippen molar-refractivity contribution < 1.29 is 21.6 Å². The highest BCUT2D eigenvalue weighted by atomic mass is 32.2. The van der Waals surface area contributed by atoms with E-state index < -0.39 is 27.6 Å². The predicted octanol–water partition coefficient (Wildman–Crippen LogP) is -0.153. The lowest BCUT2D eigenvalue weighted by molar-refractivity contribution is -0.106. The van der Waals surface area contributed by atoms with Gasteiger partial charge in [-0.1, -0.05) is 12.2 Å².